The lowest BCUT2D eigenvalue weighted by atomic mass is 10.2. The number of hydrogen-bond donors (Lipinski definition) is 0. The molecule has 0 aliphatic rings. The van der Waals surface area contributed by atoms with E-state index >= 15 is 0 Å². The lowest BCUT2D eigenvalue weighted by molar-refractivity contribution is -0.387. The van der Waals surface area contributed by atoms with Crippen molar-refractivity contribution in [3.8, 4) is 0 Å². The molecule has 0 aliphatic heterocycles. The zero-order valence-electron chi connectivity index (χ0n) is 19.5. The van der Waals surface area contributed by atoms with Crippen molar-refractivity contribution < 1.29 is 9.31 Å². The van der Waals surface area contributed by atoms with Crippen LogP contribution in [0.4, 0.5) is 10.1 Å². The quantitative estimate of drug-likeness (QED) is 0.330. The van der Waals surface area contributed by atoms with E-state index in [1.807, 2.05) is 20.8 Å². The van der Waals surface area contributed by atoms with E-state index in [2.05, 4.69) is 5.10 Å². The second-order valence-corrected chi connectivity index (χ2v) is 8.48. The molecule has 0 saturated heterocycles. The standard InChI is InChI=1S/C24H28FN5O4/c1-4-5-12-28-21(22(30(33)34)23(31)29(24(28)32)14-17(2)3)11-10-18-13-26-27(15-18)16-19-8-6-7-9-20(19)25/h6-11,13,15,17H,4-5,12,14,16H2,1-3H3/b11-10+. The molecule has 34 heavy (non-hydrogen) atoms. The highest BCUT2D eigenvalue weighted by Crippen LogP contribution is 2.17. The van der Waals surface area contributed by atoms with E-state index in [9.17, 15) is 24.1 Å². The first kappa shape index (κ1) is 24.8. The summed E-state index contributed by atoms with van der Waals surface area (Å²) in [5.74, 6) is -0.376. The Hall–Kier alpha value is -3.82. The van der Waals surface area contributed by atoms with Crippen LogP contribution in [0.15, 0.2) is 46.2 Å². The van der Waals surface area contributed by atoms with E-state index in [1.54, 1.807) is 30.5 Å². The molecule has 3 rings (SSSR count). The summed E-state index contributed by atoms with van der Waals surface area (Å²) in [6, 6.07) is 6.37. The van der Waals surface area contributed by atoms with Gasteiger partial charge in [0.25, 0.3) is 0 Å². The van der Waals surface area contributed by atoms with Crippen molar-refractivity contribution in [1.29, 1.82) is 0 Å². The van der Waals surface area contributed by atoms with Crippen molar-refractivity contribution in [2.45, 2.75) is 53.2 Å². The largest absolute Gasteiger partial charge is 0.357 e. The molecule has 9 nitrogen and oxygen atoms in total. The van der Waals surface area contributed by atoms with Crippen LogP contribution in [0.25, 0.3) is 12.2 Å². The van der Waals surface area contributed by atoms with E-state index in [1.165, 1.54) is 27.6 Å². The Bertz CT molecular complexity index is 1320. The number of halogens is 1. The predicted molar refractivity (Wildman–Crippen MR) is 128 cm³/mol. The van der Waals surface area contributed by atoms with Gasteiger partial charge in [-0.15, -0.1) is 0 Å². The minimum Gasteiger partial charge on any atom is -0.287 e. The molecule has 0 saturated carbocycles. The summed E-state index contributed by atoms with van der Waals surface area (Å²) in [6.45, 7) is 6.18. The molecule has 0 N–H and O–H groups in total. The molecule has 0 radical (unpaired) electrons. The van der Waals surface area contributed by atoms with Crippen molar-refractivity contribution in [2.75, 3.05) is 0 Å². The third kappa shape index (κ3) is 5.56. The molecule has 0 aliphatic carbocycles. The van der Waals surface area contributed by atoms with Gasteiger partial charge in [0.2, 0.25) is 0 Å². The second kappa shape index (κ2) is 10.9. The van der Waals surface area contributed by atoms with Gasteiger partial charge >= 0.3 is 16.9 Å². The Morgan fingerprint density at radius 3 is 2.56 bits per heavy atom. The summed E-state index contributed by atoms with van der Waals surface area (Å²) in [6.07, 6.45) is 7.54. The average Bonchev–Trinajstić information content (AvgIpc) is 3.23. The number of rotatable bonds is 10. The van der Waals surface area contributed by atoms with Crippen molar-refractivity contribution in [1.82, 2.24) is 18.9 Å². The van der Waals surface area contributed by atoms with Gasteiger partial charge in [-0.2, -0.15) is 5.10 Å². The maximum absolute atomic E-state index is 13.9. The van der Waals surface area contributed by atoms with Gasteiger partial charge in [0, 0.05) is 30.4 Å². The van der Waals surface area contributed by atoms with Crippen LogP contribution in [0, 0.1) is 21.8 Å². The molecule has 0 fully saturated rings. The summed E-state index contributed by atoms with van der Waals surface area (Å²) in [5.41, 5.74) is -1.09. The van der Waals surface area contributed by atoms with Crippen molar-refractivity contribution in [3.05, 3.63) is 90.2 Å². The Balaban J connectivity index is 2.04. The van der Waals surface area contributed by atoms with Crippen LogP contribution >= 0.6 is 0 Å². The first-order valence-electron chi connectivity index (χ1n) is 11.2. The fourth-order valence-electron chi connectivity index (χ4n) is 3.63. The summed E-state index contributed by atoms with van der Waals surface area (Å²) in [5, 5.41) is 16.1. The first-order valence-corrected chi connectivity index (χ1v) is 11.2. The monoisotopic (exact) mass is 469 g/mol. The van der Waals surface area contributed by atoms with Gasteiger partial charge in [-0.1, -0.05) is 45.4 Å². The van der Waals surface area contributed by atoms with Gasteiger partial charge in [-0.25, -0.2) is 9.18 Å². The molecule has 2 heterocycles. The number of benzene rings is 1. The first-order chi connectivity index (χ1) is 16.2. The molecule has 1 aromatic carbocycles. The molecule has 0 bridgehead atoms. The molecule has 180 valence electrons. The van der Waals surface area contributed by atoms with Crippen LogP contribution in [-0.2, 0) is 19.6 Å². The summed E-state index contributed by atoms with van der Waals surface area (Å²) in [4.78, 5) is 37.1. The normalized spacial score (nSPS) is 11.6. The van der Waals surface area contributed by atoms with Gasteiger partial charge in [0.15, 0.2) is 0 Å². The number of unbranched alkanes of at least 4 members (excludes halogenated alkanes) is 1. The average molecular weight is 470 g/mol. The molecule has 10 heteroatoms. The number of aromatic nitrogens is 4. The third-order valence-electron chi connectivity index (χ3n) is 5.29. The summed E-state index contributed by atoms with van der Waals surface area (Å²) in [7, 11) is 0. The zero-order chi connectivity index (χ0) is 24.8. The SMILES string of the molecule is CCCCn1c(/C=C/c2cnn(Cc3ccccc3F)c2)c([N+](=O)[O-])c(=O)n(CC(C)C)c1=O. The molecule has 0 spiro atoms. The minimum atomic E-state index is -0.911. The third-order valence-corrected chi connectivity index (χ3v) is 5.29. The van der Waals surface area contributed by atoms with E-state index in [0.29, 0.717) is 17.5 Å². The molecule has 3 aromatic rings. The molecule has 0 amide bonds. The van der Waals surface area contributed by atoms with Crippen molar-refractivity contribution in [2.24, 2.45) is 5.92 Å². The van der Waals surface area contributed by atoms with Crippen molar-refractivity contribution >= 4 is 17.8 Å². The van der Waals surface area contributed by atoms with E-state index < -0.39 is 21.9 Å². The van der Waals surface area contributed by atoms with Crippen LogP contribution in [0.5, 0.6) is 0 Å². The smallest absolute Gasteiger partial charge is 0.287 e. The lowest BCUT2D eigenvalue weighted by Gasteiger charge is -2.15. The van der Waals surface area contributed by atoms with Crippen LogP contribution in [0.2, 0.25) is 0 Å². The Labute approximate surface area is 195 Å². The highest BCUT2D eigenvalue weighted by atomic mass is 19.1. The molecular formula is C24H28FN5O4. The molecule has 2 aromatic heterocycles. The highest BCUT2D eigenvalue weighted by molar-refractivity contribution is 5.71. The van der Waals surface area contributed by atoms with Crippen LogP contribution < -0.4 is 11.2 Å². The number of hydrogen-bond acceptors (Lipinski definition) is 5. The van der Waals surface area contributed by atoms with E-state index in [4.69, 9.17) is 0 Å². The Morgan fingerprint density at radius 2 is 1.91 bits per heavy atom. The Kier molecular flexibility index (Phi) is 7.93. The number of nitro groups is 1. The van der Waals surface area contributed by atoms with Crippen LogP contribution in [-0.4, -0.2) is 23.8 Å². The second-order valence-electron chi connectivity index (χ2n) is 8.48. The van der Waals surface area contributed by atoms with Gasteiger partial charge in [0.05, 0.1) is 17.7 Å². The number of nitrogens with zero attached hydrogens (tertiary/aromatic N) is 5. The predicted octanol–water partition coefficient (Wildman–Crippen LogP) is 3.93. The van der Waals surface area contributed by atoms with E-state index in [0.717, 1.165) is 11.0 Å². The van der Waals surface area contributed by atoms with Crippen LogP contribution in [0.3, 0.4) is 0 Å². The highest BCUT2D eigenvalue weighted by Gasteiger charge is 2.26. The fourth-order valence-corrected chi connectivity index (χ4v) is 3.63. The van der Waals surface area contributed by atoms with Crippen LogP contribution in [0.1, 0.15) is 50.4 Å². The zero-order valence-corrected chi connectivity index (χ0v) is 19.5. The summed E-state index contributed by atoms with van der Waals surface area (Å²) < 4.78 is 17.7. The molecular weight excluding hydrogens is 441 g/mol. The van der Waals surface area contributed by atoms with Gasteiger partial charge in [0.1, 0.15) is 11.5 Å². The maximum Gasteiger partial charge on any atom is 0.357 e. The van der Waals surface area contributed by atoms with Gasteiger partial charge < -0.3 is 0 Å². The Morgan fingerprint density at radius 1 is 1.18 bits per heavy atom. The fraction of sp³-hybridized carbons (Fsp3) is 0.375. The van der Waals surface area contributed by atoms with Gasteiger partial charge in [-0.3, -0.25) is 28.7 Å². The molecule has 0 unspecified atom stereocenters. The molecule has 0 atom stereocenters. The van der Waals surface area contributed by atoms with Crippen molar-refractivity contribution in [3.63, 3.8) is 0 Å². The maximum atomic E-state index is 13.9. The summed E-state index contributed by atoms with van der Waals surface area (Å²) >= 11 is 0. The topological polar surface area (TPSA) is 105 Å². The minimum absolute atomic E-state index is 0.0358. The van der Waals surface area contributed by atoms with Gasteiger partial charge in [-0.05, 0) is 30.6 Å². The lowest BCUT2D eigenvalue weighted by Crippen LogP contribution is -2.43. The van der Waals surface area contributed by atoms with E-state index in [-0.39, 0.29) is 37.1 Å².